The molecule has 1 saturated carbocycles. The van der Waals surface area contributed by atoms with Crippen LogP contribution in [0, 0.1) is 17.2 Å². The Kier molecular flexibility index (Phi) is 6.34. The van der Waals surface area contributed by atoms with Crippen molar-refractivity contribution in [1.82, 2.24) is 15.2 Å². The molecule has 1 unspecified atom stereocenters. The summed E-state index contributed by atoms with van der Waals surface area (Å²) in [6, 6.07) is 15.3. The largest absolute Gasteiger partial charge is 0.419 e. The van der Waals surface area contributed by atoms with E-state index in [1.165, 1.54) is 4.57 Å². The van der Waals surface area contributed by atoms with E-state index in [0.717, 1.165) is 29.5 Å². The molecule has 2 fully saturated rings. The molecule has 1 saturated heterocycles. The average Bonchev–Trinajstić information content (AvgIpc) is 3.70. The number of oxazole rings is 1. The van der Waals surface area contributed by atoms with E-state index >= 15 is 0 Å². The Morgan fingerprint density at radius 1 is 1.31 bits per heavy atom. The van der Waals surface area contributed by atoms with E-state index in [0.29, 0.717) is 17.6 Å². The fourth-order valence-corrected chi connectivity index (χ4v) is 4.98. The van der Waals surface area contributed by atoms with Crippen LogP contribution in [-0.2, 0) is 23.0 Å². The molecule has 0 bridgehead atoms. The number of benzene rings is 2. The third-order valence-corrected chi connectivity index (χ3v) is 7.41. The van der Waals surface area contributed by atoms with Gasteiger partial charge in [-0.1, -0.05) is 30.3 Å². The van der Waals surface area contributed by atoms with Gasteiger partial charge in [-0.2, -0.15) is 5.26 Å². The lowest BCUT2D eigenvalue weighted by molar-refractivity contribution is -0.136. The molecule has 1 aromatic heterocycles. The van der Waals surface area contributed by atoms with Crippen molar-refractivity contribution >= 4 is 27.2 Å². The van der Waals surface area contributed by atoms with Crippen LogP contribution in [0.4, 0.5) is 0 Å². The van der Waals surface area contributed by atoms with Gasteiger partial charge in [0.15, 0.2) is 5.58 Å². The van der Waals surface area contributed by atoms with Crippen molar-refractivity contribution in [2.75, 3.05) is 19.7 Å². The van der Waals surface area contributed by atoms with Crippen LogP contribution in [0.3, 0.4) is 0 Å². The summed E-state index contributed by atoms with van der Waals surface area (Å²) in [6.45, 7) is 0.731. The number of nitrogens with one attached hydrogen (secondary N) is 2. The summed E-state index contributed by atoms with van der Waals surface area (Å²) in [5, 5.41) is 25.1. The number of hydrogen-bond acceptors (Lipinski definition) is 7. The highest BCUT2D eigenvalue weighted by Crippen LogP contribution is 2.40. The number of aromatic nitrogens is 1. The van der Waals surface area contributed by atoms with E-state index in [1.54, 1.807) is 13.1 Å². The number of aryl methyl sites for hydroxylation is 1. The quantitative estimate of drug-likeness (QED) is 0.428. The minimum atomic E-state index is -1.32. The van der Waals surface area contributed by atoms with E-state index in [-0.39, 0.29) is 25.5 Å². The molecule has 185 valence electrons. The Morgan fingerprint density at radius 3 is 2.72 bits per heavy atom. The van der Waals surface area contributed by atoms with Gasteiger partial charge < -0.3 is 24.9 Å². The lowest BCUT2D eigenvalue weighted by atomic mass is 9.99. The Labute approximate surface area is 211 Å². The Balaban J connectivity index is 1.25. The Hall–Kier alpha value is -3.23. The van der Waals surface area contributed by atoms with Crippen LogP contribution >= 0.6 is 0 Å². The molecule has 3 radical (unpaired) electrons. The van der Waals surface area contributed by atoms with Crippen LogP contribution in [0.2, 0.25) is 0 Å². The van der Waals surface area contributed by atoms with Crippen LogP contribution in [0.1, 0.15) is 18.4 Å². The Bertz CT molecular complexity index is 1390. The topological polar surface area (TPSA) is 130 Å². The third-order valence-electron chi connectivity index (χ3n) is 7.00. The molecule has 2 heterocycles. The normalized spacial score (nSPS) is 24.0. The van der Waals surface area contributed by atoms with Crippen molar-refractivity contribution < 1.29 is 19.1 Å². The maximum atomic E-state index is 12.9. The number of aliphatic hydroxyl groups is 1. The summed E-state index contributed by atoms with van der Waals surface area (Å²) in [6.07, 6.45) is 1.35. The zero-order valence-electron chi connectivity index (χ0n) is 19.9. The molecule has 2 aliphatic rings. The highest BCUT2D eigenvalue weighted by atomic mass is 28.1. The zero-order valence-corrected chi connectivity index (χ0v) is 20.9. The zero-order chi connectivity index (χ0) is 25.5. The molecule has 9 nitrogen and oxygen atoms in total. The molecular formula is C26H27N4O5Si. The number of nitrogens with zero attached hydrogens (tertiary/aromatic N) is 2. The van der Waals surface area contributed by atoms with Crippen LogP contribution in [-0.4, -0.2) is 62.4 Å². The van der Waals surface area contributed by atoms with Crippen molar-refractivity contribution in [1.29, 1.82) is 5.26 Å². The number of carbonyl (C=O) groups excluding carboxylic acids is 1. The average molecular weight is 504 g/mol. The lowest BCUT2D eigenvalue weighted by Crippen LogP contribution is -2.54. The van der Waals surface area contributed by atoms with E-state index in [9.17, 15) is 20.0 Å². The SMILES string of the molecule is Cn1c(=O)oc2ccc(-c3ccc(C[C@]([Si])(C#N)NC(=O)[C@@H]4CNCC(O)(C5CC5)CO4)cc3)cc21. The van der Waals surface area contributed by atoms with Crippen molar-refractivity contribution in [3.8, 4) is 17.2 Å². The predicted molar refractivity (Wildman–Crippen MR) is 133 cm³/mol. The number of ether oxygens (including phenoxy) is 1. The first kappa shape index (κ1) is 24.5. The Morgan fingerprint density at radius 2 is 2.03 bits per heavy atom. The molecule has 3 aromatic rings. The van der Waals surface area contributed by atoms with Crippen molar-refractivity contribution in [2.45, 2.75) is 36.1 Å². The standard InChI is InChI=1S/C26H27N4O5Si/c1-30-20-10-18(6-9-21(20)35-24(30)32)17-4-2-16(3-5-17)11-26(36,13-27)29-23(31)22-12-28-14-25(33,15-34-22)19-7-8-19/h2-6,9-10,19,22,28,33H,7-8,11-12,14-15H2,1H3,(H,29,31)/t22-,25?,26-/m0/s1. The first-order valence-electron chi connectivity index (χ1n) is 11.9. The molecule has 36 heavy (non-hydrogen) atoms. The van der Waals surface area contributed by atoms with Gasteiger partial charge in [0.1, 0.15) is 16.9 Å². The summed E-state index contributed by atoms with van der Waals surface area (Å²) >= 11 is 0. The molecule has 1 amide bonds. The number of amides is 1. The maximum Gasteiger partial charge on any atom is 0.419 e. The van der Waals surface area contributed by atoms with Crippen LogP contribution < -0.4 is 16.4 Å². The monoisotopic (exact) mass is 503 g/mol. The number of fused-ring (bicyclic) bond motifs is 1. The van der Waals surface area contributed by atoms with Gasteiger partial charge in [0.25, 0.3) is 5.91 Å². The smallest absolute Gasteiger partial charge is 0.408 e. The second-order valence-electron chi connectivity index (χ2n) is 9.80. The summed E-state index contributed by atoms with van der Waals surface area (Å²) in [4.78, 5) is 24.7. The lowest BCUT2D eigenvalue weighted by Gasteiger charge is -2.27. The predicted octanol–water partition coefficient (Wildman–Crippen LogP) is 0.975. The number of rotatable bonds is 6. The van der Waals surface area contributed by atoms with Gasteiger partial charge in [-0.15, -0.1) is 0 Å². The van der Waals surface area contributed by atoms with Gasteiger partial charge in [0.2, 0.25) is 0 Å². The minimum Gasteiger partial charge on any atom is -0.408 e. The van der Waals surface area contributed by atoms with E-state index in [2.05, 4.69) is 26.9 Å². The van der Waals surface area contributed by atoms with Crippen molar-refractivity contribution in [2.24, 2.45) is 13.0 Å². The number of nitriles is 1. The number of carbonyl (C=O) groups is 1. The number of β-amino-alcohol motifs (C(OH)–C–C–N with tert-alkyl or cyclic N) is 1. The fraction of sp³-hybridized carbons (Fsp3) is 0.423. The van der Waals surface area contributed by atoms with Crippen molar-refractivity contribution in [3.63, 3.8) is 0 Å². The van der Waals surface area contributed by atoms with E-state index < -0.39 is 28.5 Å². The van der Waals surface area contributed by atoms with Gasteiger partial charge in [-0.3, -0.25) is 9.36 Å². The van der Waals surface area contributed by atoms with Crippen molar-refractivity contribution in [3.05, 3.63) is 58.6 Å². The van der Waals surface area contributed by atoms with E-state index in [1.807, 2.05) is 36.4 Å². The second-order valence-corrected chi connectivity index (χ2v) is 10.7. The minimum absolute atomic E-state index is 0.0876. The molecule has 1 aliphatic heterocycles. The maximum absolute atomic E-state index is 12.9. The molecule has 1 aliphatic carbocycles. The summed E-state index contributed by atoms with van der Waals surface area (Å²) in [7, 11) is 5.13. The molecule has 3 atom stereocenters. The van der Waals surface area contributed by atoms with Crippen LogP contribution in [0.5, 0.6) is 0 Å². The molecule has 0 spiro atoms. The van der Waals surface area contributed by atoms with Gasteiger partial charge in [-0.25, -0.2) is 4.79 Å². The highest BCUT2D eigenvalue weighted by molar-refractivity contribution is 6.19. The summed E-state index contributed by atoms with van der Waals surface area (Å²) < 4.78 is 12.4. The highest BCUT2D eigenvalue weighted by Gasteiger charge is 2.46. The van der Waals surface area contributed by atoms with Gasteiger partial charge >= 0.3 is 5.76 Å². The third kappa shape index (κ3) is 4.88. The molecule has 3 N–H and O–H groups in total. The summed E-state index contributed by atoms with van der Waals surface area (Å²) in [5.74, 6) is -0.625. The molecule has 5 rings (SSSR count). The van der Waals surface area contributed by atoms with Gasteiger partial charge in [0, 0.05) is 26.6 Å². The summed E-state index contributed by atoms with van der Waals surface area (Å²) in [5.41, 5.74) is 2.99. The van der Waals surface area contributed by atoms with E-state index in [4.69, 9.17) is 9.15 Å². The molecule has 2 aromatic carbocycles. The number of hydrogen-bond donors (Lipinski definition) is 3. The van der Waals surface area contributed by atoms with Gasteiger partial charge in [-0.05, 0) is 47.6 Å². The van der Waals surface area contributed by atoms with Gasteiger partial charge in [0.05, 0.1) is 28.4 Å². The van der Waals surface area contributed by atoms with Crippen LogP contribution in [0.15, 0.2) is 51.7 Å². The second kappa shape index (κ2) is 9.33. The molecular weight excluding hydrogens is 476 g/mol. The van der Waals surface area contributed by atoms with Crippen LogP contribution in [0.25, 0.3) is 22.2 Å². The molecule has 10 heteroatoms. The first-order chi connectivity index (χ1) is 17.2. The first-order valence-corrected chi connectivity index (χ1v) is 12.4. The fourth-order valence-electron chi connectivity index (χ4n) is 4.66.